The fourth-order valence-electron chi connectivity index (χ4n) is 2.93. The van der Waals surface area contributed by atoms with Crippen LogP contribution in [0.4, 0.5) is 0 Å². The highest BCUT2D eigenvalue weighted by molar-refractivity contribution is 7.92. The Morgan fingerprint density at radius 3 is 1.74 bits per heavy atom. The van der Waals surface area contributed by atoms with Gasteiger partial charge in [0.1, 0.15) is 0 Å². The van der Waals surface area contributed by atoms with Crippen LogP contribution in [0.1, 0.15) is 12.8 Å². The molecule has 2 aromatic carbocycles. The van der Waals surface area contributed by atoms with Crippen molar-refractivity contribution >= 4 is 19.7 Å². The molecule has 122 valence electrons. The minimum absolute atomic E-state index is 0.117. The van der Waals surface area contributed by atoms with Crippen LogP contribution in [0.25, 0.3) is 0 Å². The second-order valence-electron chi connectivity index (χ2n) is 5.83. The lowest BCUT2D eigenvalue weighted by atomic mass is 9.86. The van der Waals surface area contributed by atoms with E-state index in [9.17, 15) is 16.8 Å². The van der Waals surface area contributed by atoms with Gasteiger partial charge in [0.15, 0.2) is 19.7 Å². The van der Waals surface area contributed by atoms with Crippen LogP contribution in [0, 0.1) is 5.92 Å². The van der Waals surface area contributed by atoms with Gasteiger partial charge in [-0.25, -0.2) is 16.8 Å². The summed E-state index contributed by atoms with van der Waals surface area (Å²) >= 11 is 0. The Morgan fingerprint density at radius 2 is 1.26 bits per heavy atom. The Hall–Kier alpha value is -1.66. The van der Waals surface area contributed by atoms with Crippen molar-refractivity contribution in [3.05, 3.63) is 60.7 Å². The molecule has 0 aromatic heterocycles. The topological polar surface area (TPSA) is 68.3 Å². The maximum atomic E-state index is 12.7. The quantitative estimate of drug-likeness (QED) is 0.831. The fraction of sp³-hybridized carbons (Fsp3) is 0.294. The van der Waals surface area contributed by atoms with Crippen molar-refractivity contribution in [1.82, 2.24) is 0 Å². The van der Waals surface area contributed by atoms with Crippen molar-refractivity contribution in [2.75, 3.05) is 5.75 Å². The third-order valence-corrected chi connectivity index (χ3v) is 8.56. The summed E-state index contributed by atoms with van der Waals surface area (Å²) in [5, 5.41) is -0.608. The number of sulfone groups is 2. The van der Waals surface area contributed by atoms with Gasteiger partial charge in [0.25, 0.3) is 0 Å². The molecule has 6 heteroatoms. The molecule has 0 saturated heterocycles. The Kier molecular flexibility index (Phi) is 4.29. The van der Waals surface area contributed by atoms with Crippen LogP contribution in [-0.2, 0) is 19.7 Å². The second-order valence-corrected chi connectivity index (χ2v) is 10.0. The van der Waals surface area contributed by atoms with E-state index in [1.54, 1.807) is 60.7 Å². The summed E-state index contributed by atoms with van der Waals surface area (Å²) in [6, 6.07) is 16.5. The van der Waals surface area contributed by atoms with Crippen LogP contribution in [-0.4, -0.2) is 27.8 Å². The first-order chi connectivity index (χ1) is 10.9. The van der Waals surface area contributed by atoms with Crippen molar-refractivity contribution in [3.63, 3.8) is 0 Å². The van der Waals surface area contributed by atoms with E-state index in [0.717, 1.165) is 0 Å². The number of hydrogen-bond donors (Lipinski definition) is 0. The van der Waals surface area contributed by atoms with Gasteiger partial charge in [0.05, 0.1) is 20.8 Å². The molecule has 1 saturated carbocycles. The van der Waals surface area contributed by atoms with Gasteiger partial charge in [0.2, 0.25) is 0 Å². The van der Waals surface area contributed by atoms with Crippen molar-refractivity contribution in [2.45, 2.75) is 27.9 Å². The molecule has 1 fully saturated rings. The van der Waals surface area contributed by atoms with E-state index < -0.39 is 24.9 Å². The molecule has 23 heavy (non-hydrogen) atoms. The Balaban J connectivity index is 1.81. The average molecular weight is 350 g/mol. The van der Waals surface area contributed by atoms with Gasteiger partial charge in [-0.15, -0.1) is 0 Å². The highest BCUT2D eigenvalue weighted by atomic mass is 32.2. The highest BCUT2D eigenvalue weighted by Gasteiger charge is 2.43. The van der Waals surface area contributed by atoms with E-state index in [0.29, 0.717) is 12.8 Å². The summed E-state index contributed by atoms with van der Waals surface area (Å²) in [5.74, 6) is -0.460. The first-order valence-corrected chi connectivity index (χ1v) is 10.7. The van der Waals surface area contributed by atoms with Crippen molar-refractivity contribution < 1.29 is 16.8 Å². The summed E-state index contributed by atoms with van der Waals surface area (Å²) in [4.78, 5) is 0.523. The number of hydrogen-bond acceptors (Lipinski definition) is 4. The third kappa shape index (κ3) is 3.19. The zero-order valence-electron chi connectivity index (χ0n) is 12.5. The molecule has 0 heterocycles. The molecular weight excluding hydrogens is 332 g/mol. The van der Waals surface area contributed by atoms with Crippen LogP contribution < -0.4 is 0 Å². The summed E-state index contributed by atoms with van der Waals surface area (Å²) in [7, 11) is -6.93. The summed E-state index contributed by atoms with van der Waals surface area (Å²) in [6.07, 6.45) is 1.15. The van der Waals surface area contributed by atoms with Gasteiger partial charge >= 0.3 is 0 Å². The highest BCUT2D eigenvalue weighted by Crippen LogP contribution is 2.38. The summed E-state index contributed by atoms with van der Waals surface area (Å²) in [6.45, 7) is 0. The monoisotopic (exact) mass is 350 g/mol. The lowest BCUT2D eigenvalue weighted by Gasteiger charge is -2.35. The van der Waals surface area contributed by atoms with Gasteiger partial charge < -0.3 is 0 Å². The largest absolute Gasteiger partial charge is 0.224 e. The summed E-state index contributed by atoms with van der Waals surface area (Å²) in [5.41, 5.74) is 0. The molecule has 0 amide bonds. The first kappa shape index (κ1) is 16.2. The van der Waals surface area contributed by atoms with Crippen molar-refractivity contribution in [2.24, 2.45) is 5.92 Å². The third-order valence-electron chi connectivity index (χ3n) is 4.35. The lowest BCUT2D eigenvalue weighted by Crippen LogP contribution is -2.42. The smallest absolute Gasteiger partial charge is 0.181 e. The second kappa shape index (κ2) is 6.09. The first-order valence-electron chi connectivity index (χ1n) is 7.48. The van der Waals surface area contributed by atoms with E-state index in [1.165, 1.54) is 0 Å². The van der Waals surface area contributed by atoms with E-state index in [1.807, 2.05) is 0 Å². The predicted octanol–water partition coefficient (Wildman–Crippen LogP) is 2.71. The molecule has 0 N–H and O–H groups in total. The summed E-state index contributed by atoms with van der Waals surface area (Å²) < 4.78 is 50.2. The fourth-order valence-corrected chi connectivity index (χ4v) is 6.85. The minimum Gasteiger partial charge on any atom is -0.224 e. The van der Waals surface area contributed by atoms with E-state index in [4.69, 9.17) is 0 Å². The molecule has 2 aromatic rings. The molecule has 0 spiro atoms. The van der Waals surface area contributed by atoms with E-state index in [2.05, 4.69) is 0 Å². The van der Waals surface area contributed by atoms with Gasteiger partial charge in [-0.1, -0.05) is 36.4 Å². The van der Waals surface area contributed by atoms with Gasteiger partial charge in [0, 0.05) is 0 Å². The molecule has 0 radical (unpaired) electrons. The number of benzene rings is 2. The standard InChI is InChI=1S/C17H18O4S2/c18-22(19,15-7-3-1-4-8-15)13-14-11-12-17(14)23(20,21)16-9-5-2-6-10-16/h1-10,14,17H,11-13H2. The molecule has 1 aliphatic rings. The van der Waals surface area contributed by atoms with Crippen LogP contribution >= 0.6 is 0 Å². The van der Waals surface area contributed by atoms with Crippen LogP contribution in [0.15, 0.2) is 70.5 Å². The molecule has 4 nitrogen and oxygen atoms in total. The SMILES string of the molecule is O=S(=O)(CC1CCC1S(=O)(=O)c1ccccc1)c1ccccc1. The van der Waals surface area contributed by atoms with E-state index in [-0.39, 0.29) is 21.5 Å². The van der Waals surface area contributed by atoms with Crippen molar-refractivity contribution in [1.29, 1.82) is 0 Å². The Labute approximate surface area is 137 Å². The van der Waals surface area contributed by atoms with Crippen molar-refractivity contribution in [3.8, 4) is 0 Å². The molecule has 2 unspecified atom stereocenters. The zero-order valence-corrected chi connectivity index (χ0v) is 14.1. The van der Waals surface area contributed by atoms with E-state index >= 15 is 0 Å². The van der Waals surface area contributed by atoms with Gasteiger partial charge in [-0.2, -0.15) is 0 Å². The zero-order chi connectivity index (χ0) is 16.5. The molecular formula is C17H18O4S2. The molecule has 3 rings (SSSR count). The maximum absolute atomic E-state index is 12.7. The molecule has 0 aliphatic heterocycles. The molecule has 0 bridgehead atoms. The molecule has 2 atom stereocenters. The van der Waals surface area contributed by atoms with Crippen LogP contribution in [0.2, 0.25) is 0 Å². The molecule has 1 aliphatic carbocycles. The van der Waals surface area contributed by atoms with Crippen LogP contribution in [0.5, 0.6) is 0 Å². The van der Waals surface area contributed by atoms with Gasteiger partial charge in [-0.3, -0.25) is 0 Å². The van der Waals surface area contributed by atoms with Crippen LogP contribution in [0.3, 0.4) is 0 Å². The maximum Gasteiger partial charge on any atom is 0.181 e. The normalized spacial score (nSPS) is 21.6. The lowest BCUT2D eigenvalue weighted by molar-refractivity contribution is 0.345. The van der Waals surface area contributed by atoms with Gasteiger partial charge in [-0.05, 0) is 43.0 Å². The predicted molar refractivity (Wildman–Crippen MR) is 88.6 cm³/mol. The number of rotatable bonds is 5. The Morgan fingerprint density at radius 1 is 0.739 bits per heavy atom. The average Bonchev–Trinajstić information content (AvgIpc) is 2.53. The minimum atomic E-state index is -3.47. The Bertz CT molecular complexity index is 873.